The van der Waals surface area contributed by atoms with Gasteiger partial charge in [0.25, 0.3) is 0 Å². The third-order valence-corrected chi connectivity index (χ3v) is 3.96. The second kappa shape index (κ2) is 7.79. The fourth-order valence-corrected chi connectivity index (χ4v) is 2.74. The number of para-hydroxylation sites is 1. The normalized spacial score (nSPS) is 11.9. The zero-order valence-electron chi connectivity index (χ0n) is 12.8. The van der Waals surface area contributed by atoms with Gasteiger partial charge in [0.15, 0.2) is 5.16 Å². The van der Waals surface area contributed by atoms with E-state index >= 15 is 0 Å². The summed E-state index contributed by atoms with van der Waals surface area (Å²) < 4.78 is 0. The van der Waals surface area contributed by atoms with Crippen LogP contribution in [-0.4, -0.2) is 34.2 Å². The molecule has 0 aliphatic rings. The van der Waals surface area contributed by atoms with Crippen molar-refractivity contribution in [2.45, 2.75) is 24.3 Å². The van der Waals surface area contributed by atoms with Gasteiger partial charge in [-0.1, -0.05) is 30.0 Å². The molecule has 0 bridgehead atoms. The molecule has 116 valence electrons. The van der Waals surface area contributed by atoms with Crippen LogP contribution in [0.4, 0.5) is 5.82 Å². The minimum atomic E-state index is -0.268. The standard InChI is InChI=1S/C16H20N4OS/c1-4-10-18-15(21)11(3)22-16-19-13-9-7-6-8-12(13)14(20-16)17-5-2/h4,6-9,11H,1,5,10H2,2-3H3,(H,18,21)(H,17,19,20). The molecule has 0 saturated heterocycles. The number of carbonyl (C=O) groups is 1. The lowest BCUT2D eigenvalue weighted by molar-refractivity contribution is -0.120. The van der Waals surface area contributed by atoms with Gasteiger partial charge in [-0.05, 0) is 26.0 Å². The molecule has 0 spiro atoms. The topological polar surface area (TPSA) is 66.9 Å². The van der Waals surface area contributed by atoms with E-state index < -0.39 is 0 Å². The number of carbonyl (C=O) groups excluding carboxylic acids is 1. The van der Waals surface area contributed by atoms with Crippen molar-refractivity contribution < 1.29 is 4.79 Å². The fraction of sp³-hybridized carbons (Fsp3) is 0.312. The van der Waals surface area contributed by atoms with E-state index in [1.807, 2.05) is 38.1 Å². The summed E-state index contributed by atoms with van der Waals surface area (Å²) in [7, 11) is 0. The molecular formula is C16H20N4OS. The maximum Gasteiger partial charge on any atom is 0.233 e. The Morgan fingerprint density at radius 3 is 2.91 bits per heavy atom. The maximum absolute atomic E-state index is 11.9. The fourth-order valence-electron chi connectivity index (χ4n) is 1.94. The number of thioether (sulfide) groups is 1. The van der Waals surface area contributed by atoms with Gasteiger partial charge < -0.3 is 10.6 Å². The number of rotatable bonds is 7. The first kappa shape index (κ1) is 16.3. The van der Waals surface area contributed by atoms with Gasteiger partial charge in [-0.2, -0.15) is 0 Å². The van der Waals surface area contributed by atoms with Gasteiger partial charge in [0, 0.05) is 18.5 Å². The first-order valence-corrected chi connectivity index (χ1v) is 8.09. The molecule has 0 fully saturated rings. The number of nitrogens with zero attached hydrogens (tertiary/aromatic N) is 2. The van der Waals surface area contributed by atoms with E-state index in [1.165, 1.54) is 11.8 Å². The summed E-state index contributed by atoms with van der Waals surface area (Å²) in [4.78, 5) is 21.0. The van der Waals surface area contributed by atoms with Crippen molar-refractivity contribution in [1.82, 2.24) is 15.3 Å². The highest BCUT2D eigenvalue weighted by Crippen LogP contribution is 2.26. The van der Waals surface area contributed by atoms with Crippen LogP contribution in [-0.2, 0) is 4.79 Å². The summed E-state index contributed by atoms with van der Waals surface area (Å²) in [6.45, 7) is 8.69. The Bertz CT molecular complexity index is 674. The molecule has 0 aliphatic carbocycles. The van der Waals surface area contributed by atoms with E-state index in [1.54, 1.807) is 6.08 Å². The average Bonchev–Trinajstić information content (AvgIpc) is 2.52. The maximum atomic E-state index is 11.9. The van der Waals surface area contributed by atoms with E-state index in [9.17, 15) is 4.79 Å². The van der Waals surface area contributed by atoms with Crippen molar-refractivity contribution >= 4 is 34.4 Å². The van der Waals surface area contributed by atoms with Gasteiger partial charge in [-0.15, -0.1) is 6.58 Å². The molecule has 0 radical (unpaired) electrons. The zero-order chi connectivity index (χ0) is 15.9. The SMILES string of the molecule is C=CCNC(=O)C(C)Sc1nc(NCC)c2ccccc2n1. The van der Waals surface area contributed by atoms with Crippen LogP contribution >= 0.6 is 11.8 Å². The molecule has 2 N–H and O–H groups in total. The Balaban J connectivity index is 2.23. The van der Waals surface area contributed by atoms with E-state index in [0.29, 0.717) is 11.7 Å². The van der Waals surface area contributed by atoms with Gasteiger partial charge in [-0.25, -0.2) is 9.97 Å². The number of hydrogen-bond donors (Lipinski definition) is 2. The Hall–Kier alpha value is -2.08. The summed E-state index contributed by atoms with van der Waals surface area (Å²) in [5.74, 6) is 0.751. The van der Waals surface area contributed by atoms with Crippen molar-refractivity contribution in [2.24, 2.45) is 0 Å². The van der Waals surface area contributed by atoms with Gasteiger partial charge >= 0.3 is 0 Å². The lowest BCUT2D eigenvalue weighted by Crippen LogP contribution is -2.31. The highest BCUT2D eigenvalue weighted by atomic mass is 32.2. The smallest absolute Gasteiger partial charge is 0.233 e. The summed E-state index contributed by atoms with van der Waals surface area (Å²) in [5.41, 5.74) is 0.870. The number of fused-ring (bicyclic) bond motifs is 1. The predicted molar refractivity (Wildman–Crippen MR) is 92.2 cm³/mol. The first-order valence-electron chi connectivity index (χ1n) is 7.21. The summed E-state index contributed by atoms with van der Waals surface area (Å²) in [5, 5.41) is 7.34. The lowest BCUT2D eigenvalue weighted by Gasteiger charge is -2.12. The average molecular weight is 316 g/mol. The van der Waals surface area contributed by atoms with Crippen molar-refractivity contribution in [3.8, 4) is 0 Å². The van der Waals surface area contributed by atoms with Crippen LogP contribution in [0.2, 0.25) is 0 Å². The van der Waals surface area contributed by atoms with Gasteiger partial charge in [-0.3, -0.25) is 4.79 Å². The monoisotopic (exact) mass is 316 g/mol. The first-order chi connectivity index (χ1) is 10.7. The number of aromatic nitrogens is 2. The van der Waals surface area contributed by atoms with Crippen LogP contribution in [0, 0.1) is 0 Å². The molecule has 22 heavy (non-hydrogen) atoms. The Labute approximate surface area is 134 Å². The van der Waals surface area contributed by atoms with E-state index in [-0.39, 0.29) is 11.2 Å². The molecule has 1 aromatic heterocycles. The van der Waals surface area contributed by atoms with Crippen molar-refractivity contribution in [1.29, 1.82) is 0 Å². The summed E-state index contributed by atoms with van der Waals surface area (Å²) >= 11 is 1.35. The Morgan fingerprint density at radius 1 is 1.41 bits per heavy atom. The molecule has 2 aromatic rings. The van der Waals surface area contributed by atoms with Crippen LogP contribution in [0.5, 0.6) is 0 Å². The minimum absolute atomic E-state index is 0.0494. The minimum Gasteiger partial charge on any atom is -0.370 e. The third kappa shape index (κ3) is 3.98. The molecule has 1 unspecified atom stereocenters. The molecule has 1 heterocycles. The highest BCUT2D eigenvalue weighted by molar-refractivity contribution is 8.00. The van der Waals surface area contributed by atoms with Gasteiger partial charge in [0.05, 0.1) is 10.8 Å². The van der Waals surface area contributed by atoms with Crippen LogP contribution in [0.1, 0.15) is 13.8 Å². The van der Waals surface area contributed by atoms with Crippen molar-refractivity contribution in [3.05, 3.63) is 36.9 Å². The van der Waals surface area contributed by atoms with Crippen LogP contribution in [0.3, 0.4) is 0 Å². The van der Waals surface area contributed by atoms with Gasteiger partial charge in [0.1, 0.15) is 5.82 Å². The molecule has 5 nitrogen and oxygen atoms in total. The molecule has 1 aromatic carbocycles. The Morgan fingerprint density at radius 2 is 2.18 bits per heavy atom. The lowest BCUT2D eigenvalue weighted by atomic mass is 10.2. The quantitative estimate of drug-likeness (QED) is 0.467. The molecule has 0 saturated carbocycles. The number of benzene rings is 1. The van der Waals surface area contributed by atoms with Crippen LogP contribution < -0.4 is 10.6 Å². The van der Waals surface area contributed by atoms with Crippen LogP contribution in [0.25, 0.3) is 10.9 Å². The number of amides is 1. The second-order valence-electron chi connectivity index (χ2n) is 4.70. The highest BCUT2D eigenvalue weighted by Gasteiger charge is 2.16. The Kier molecular flexibility index (Phi) is 5.77. The molecule has 6 heteroatoms. The van der Waals surface area contributed by atoms with Crippen molar-refractivity contribution in [3.63, 3.8) is 0 Å². The predicted octanol–water partition coefficient (Wildman–Crippen LogP) is 2.84. The zero-order valence-corrected chi connectivity index (χ0v) is 13.6. The molecule has 1 amide bonds. The molecular weight excluding hydrogens is 296 g/mol. The molecule has 2 rings (SSSR count). The van der Waals surface area contributed by atoms with E-state index in [0.717, 1.165) is 23.3 Å². The number of hydrogen-bond acceptors (Lipinski definition) is 5. The number of anilines is 1. The van der Waals surface area contributed by atoms with E-state index in [2.05, 4.69) is 27.2 Å². The van der Waals surface area contributed by atoms with Gasteiger partial charge in [0.2, 0.25) is 5.91 Å². The largest absolute Gasteiger partial charge is 0.370 e. The van der Waals surface area contributed by atoms with Crippen LogP contribution in [0.15, 0.2) is 42.1 Å². The summed E-state index contributed by atoms with van der Waals surface area (Å²) in [6, 6.07) is 7.84. The van der Waals surface area contributed by atoms with Crippen molar-refractivity contribution in [2.75, 3.05) is 18.4 Å². The molecule has 1 atom stereocenters. The second-order valence-corrected chi connectivity index (χ2v) is 6.00. The third-order valence-electron chi connectivity index (χ3n) is 3.00. The molecule has 0 aliphatic heterocycles. The van der Waals surface area contributed by atoms with E-state index in [4.69, 9.17) is 0 Å². The number of nitrogens with one attached hydrogen (secondary N) is 2. The summed E-state index contributed by atoms with van der Waals surface area (Å²) in [6.07, 6.45) is 1.66.